The van der Waals surface area contributed by atoms with Gasteiger partial charge in [0.25, 0.3) is 0 Å². The zero-order valence-corrected chi connectivity index (χ0v) is 53.2. The van der Waals surface area contributed by atoms with Gasteiger partial charge in [0.05, 0.1) is 18.9 Å². The van der Waals surface area contributed by atoms with E-state index >= 15 is 0 Å². The number of nitrogens with zero attached hydrogens (tertiary/aromatic N) is 1. The molecule has 92 heavy (non-hydrogen) atoms. The molecule has 1 saturated heterocycles. The zero-order chi connectivity index (χ0) is 69.2. The average Bonchev–Trinajstić information content (AvgIpc) is 1.68. The van der Waals surface area contributed by atoms with Crippen LogP contribution in [-0.4, -0.2) is 201 Å². The lowest BCUT2D eigenvalue weighted by Crippen LogP contribution is -2.60. The second kappa shape index (κ2) is 41.9. The number of aliphatic carboxylic acids is 4. The molecule has 21 N–H and O–H groups in total. The van der Waals surface area contributed by atoms with Crippen LogP contribution in [0.1, 0.15) is 149 Å². The monoisotopic (exact) mass is 1300 g/mol. The number of benzene rings is 1. The molecule has 0 aromatic heterocycles. The van der Waals surface area contributed by atoms with Crippen LogP contribution >= 0.6 is 0 Å². The summed E-state index contributed by atoms with van der Waals surface area (Å²) in [6, 6.07) is -7.39. The molecule has 0 radical (unpaired) electrons. The van der Waals surface area contributed by atoms with Crippen LogP contribution in [0, 0.1) is 11.8 Å². The molecule has 11 atom stereocenters. The van der Waals surface area contributed by atoms with Crippen LogP contribution in [0.3, 0.4) is 0 Å². The fourth-order valence-corrected chi connectivity index (χ4v) is 10.0. The number of amides is 10. The number of rotatable bonds is 45. The molecule has 1 aromatic carbocycles. The Labute approximate surface area is 535 Å². The molecule has 0 aliphatic carbocycles. The van der Waals surface area contributed by atoms with Gasteiger partial charge in [-0.25, -0.2) is 4.79 Å². The molecule has 1 fully saturated rings. The Hall–Kier alpha value is -8.36. The number of carboxylic acid groups (broad SMARTS) is 4. The molecule has 0 saturated carbocycles. The fraction of sp³-hybridized carbons (Fsp3) is 0.667. The van der Waals surface area contributed by atoms with Gasteiger partial charge in [-0.05, 0) is 140 Å². The predicted octanol–water partition coefficient (Wildman–Crippen LogP) is -2.69. The summed E-state index contributed by atoms with van der Waals surface area (Å²) in [6.07, 6.45) is -1.13. The van der Waals surface area contributed by atoms with E-state index in [-0.39, 0.29) is 109 Å². The normalized spacial score (nSPS) is 16.1. The van der Waals surface area contributed by atoms with Crippen molar-refractivity contribution in [2.24, 2.45) is 34.8 Å². The molecular weight excluding hydrogens is 1200 g/mol. The second-order valence-corrected chi connectivity index (χ2v) is 23.8. The summed E-state index contributed by atoms with van der Waals surface area (Å²) in [5.74, 6) is -15.6. The van der Waals surface area contributed by atoms with Gasteiger partial charge in [-0.2, -0.15) is 0 Å². The minimum atomic E-state index is -1.82. The van der Waals surface area contributed by atoms with Crippen molar-refractivity contribution in [3.05, 3.63) is 35.9 Å². The maximum Gasteiger partial charge on any atom is 0.326 e. The van der Waals surface area contributed by atoms with Gasteiger partial charge >= 0.3 is 23.9 Å². The summed E-state index contributed by atoms with van der Waals surface area (Å²) in [6.45, 7) is 8.61. The molecule has 0 bridgehead atoms. The van der Waals surface area contributed by atoms with Crippen molar-refractivity contribution >= 4 is 82.9 Å². The largest absolute Gasteiger partial charge is 0.481 e. The highest BCUT2D eigenvalue weighted by Gasteiger charge is 2.41. The topological polar surface area (TPSA) is 535 Å². The van der Waals surface area contributed by atoms with Crippen LogP contribution in [0.5, 0.6) is 0 Å². The minimum absolute atomic E-state index is 0.0150. The third-order valence-electron chi connectivity index (χ3n) is 14.9. The lowest BCUT2D eigenvalue weighted by Gasteiger charge is -2.31. The van der Waals surface area contributed by atoms with E-state index in [9.17, 15) is 87.5 Å². The van der Waals surface area contributed by atoms with Crippen molar-refractivity contribution in [2.75, 3.05) is 26.2 Å². The van der Waals surface area contributed by atoms with Crippen LogP contribution in [0.25, 0.3) is 0 Å². The van der Waals surface area contributed by atoms with E-state index in [0.717, 1.165) is 4.90 Å². The fourth-order valence-electron chi connectivity index (χ4n) is 10.0. The molecule has 1 aromatic rings. The molecule has 1 aliphatic rings. The number of carboxylic acids is 4. The van der Waals surface area contributed by atoms with E-state index in [2.05, 4.69) is 47.9 Å². The van der Waals surface area contributed by atoms with Crippen molar-refractivity contribution in [2.45, 2.75) is 217 Å². The number of hydrogen-bond donors (Lipinski definition) is 17. The lowest BCUT2D eigenvalue weighted by molar-refractivity contribution is -0.145. The molecule has 10 amide bonds. The highest BCUT2D eigenvalue weighted by molar-refractivity contribution is 6.00. The SMILES string of the molecule is CC(C)C[C@H](NC(=O)[C@H](C)NC(=O)[C@H](CC(=O)O)NC(=O)[C@@H]1CCCN1C(=O)[C@H](CCC(=O)O)NC(=O)[C@H](CCCCN)NC(=O)[C@H](CCCCN)NC(=O)[C@H](CC(C)C)NC(=O)[C@H](CCCCN)NC(=O)[C@H](CC(=O)O)NC(=O)[C@@H](N)Cc1ccccc1)C(=O)O. The lowest BCUT2D eigenvalue weighted by atomic mass is 10.00. The number of unbranched alkanes of at least 4 members (excludes halogenated alkanes) is 3. The molecule has 516 valence electrons. The Kier molecular flexibility index (Phi) is 36.3. The Balaban J connectivity index is 2.45. The van der Waals surface area contributed by atoms with Crippen molar-refractivity contribution in [1.82, 2.24) is 52.8 Å². The van der Waals surface area contributed by atoms with Crippen molar-refractivity contribution in [3.63, 3.8) is 0 Å². The maximum absolute atomic E-state index is 14.5. The van der Waals surface area contributed by atoms with Crippen LogP contribution < -0.4 is 70.8 Å². The predicted molar refractivity (Wildman–Crippen MR) is 333 cm³/mol. The molecule has 0 unspecified atom stereocenters. The van der Waals surface area contributed by atoms with Gasteiger partial charge in [0.15, 0.2) is 0 Å². The summed E-state index contributed by atoms with van der Waals surface area (Å²) in [5.41, 5.74) is 24.1. The summed E-state index contributed by atoms with van der Waals surface area (Å²) in [7, 11) is 0. The smallest absolute Gasteiger partial charge is 0.326 e. The van der Waals surface area contributed by atoms with Crippen LogP contribution in [-0.2, 0) is 73.5 Å². The first-order chi connectivity index (χ1) is 43.4. The summed E-state index contributed by atoms with van der Waals surface area (Å²) >= 11 is 0. The molecule has 2 rings (SSSR count). The maximum atomic E-state index is 14.5. The third kappa shape index (κ3) is 29.7. The molecular formula is C60H98N14O18. The van der Waals surface area contributed by atoms with Gasteiger partial charge in [-0.15, -0.1) is 0 Å². The highest BCUT2D eigenvalue weighted by atomic mass is 16.4. The first-order valence-corrected chi connectivity index (χ1v) is 31.2. The van der Waals surface area contributed by atoms with Gasteiger partial charge in [0.2, 0.25) is 59.1 Å². The number of carbonyl (C=O) groups is 14. The first-order valence-electron chi connectivity index (χ1n) is 31.2. The van der Waals surface area contributed by atoms with Gasteiger partial charge in [0.1, 0.15) is 60.4 Å². The van der Waals surface area contributed by atoms with Crippen LogP contribution in [0.15, 0.2) is 30.3 Å². The highest BCUT2D eigenvalue weighted by Crippen LogP contribution is 2.21. The van der Waals surface area contributed by atoms with E-state index < -0.39 is 175 Å². The number of carbonyl (C=O) groups excluding carboxylic acids is 10. The quantitative estimate of drug-likeness (QED) is 0.0296. The van der Waals surface area contributed by atoms with Gasteiger partial charge < -0.3 is 96.1 Å². The number of nitrogens with one attached hydrogen (secondary N) is 9. The summed E-state index contributed by atoms with van der Waals surface area (Å²) in [5, 5.41) is 61.1. The van der Waals surface area contributed by atoms with Crippen LogP contribution in [0.4, 0.5) is 0 Å². The Bertz CT molecular complexity index is 2650. The van der Waals surface area contributed by atoms with Crippen molar-refractivity contribution in [3.8, 4) is 0 Å². The van der Waals surface area contributed by atoms with Gasteiger partial charge in [-0.3, -0.25) is 62.3 Å². The number of nitrogens with two attached hydrogens (primary N) is 4. The molecule has 1 aliphatic heterocycles. The Morgan fingerprint density at radius 3 is 1.32 bits per heavy atom. The van der Waals surface area contributed by atoms with E-state index in [0.29, 0.717) is 24.8 Å². The molecule has 32 heteroatoms. The Morgan fingerprint density at radius 2 is 0.870 bits per heavy atom. The van der Waals surface area contributed by atoms with E-state index in [1.165, 1.54) is 6.92 Å². The van der Waals surface area contributed by atoms with E-state index in [1.807, 2.05) is 0 Å². The van der Waals surface area contributed by atoms with E-state index in [4.69, 9.17) is 22.9 Å². The third-order valence-corrected chi connectivity index (χ3v) is 14.9. The zero-order valence-electron chi connectivity index (χ0n) is 53.2. The molecule has 1 heterocycles. The van der Waals surface area contributed by atoms with Crippen LogP contribution in [0.2, 0.25) is 0 Å². The van der Waals surface area contributed by atoms with Gasteiger partial charge in [-0.1, -0.05) is 58.0 Å². The number of likely N-dealkylation sites (tertiary alicyclic amines) is 1. The molecule has 32 nitrogen and oxygen atoms in total. The second-order valence-electron chi connectivity index (χ2n) is 23.8. The minimum Gasteiger partial charge on any atom is -0.481 e. The molecule has 0 spiro atoms. The van der Waals surface area contributed by atoms with Crippen molar-refractivity contribution in [1.29, 1.82) is 0 Å². The standard InChI is InChI=1S/C60H98N14O18/c1-33(2)28-42(71-54(85)40(20-11-14-26-63)68-57(88)44(32-49(79)80)70-51(82)37(64)30-36-16-7-6-8-17-36)56(87)67-38(18-9-12-24-61)52(83)66-39(19-10-13-25-62)53(84)69-41(22-23-47(75)76)59(90)74-27-15-21-46(74)58(89)72-43(31-48(77)78)55(86)65-35(5)50(81)73-45(60(91)92)29-34(3)4/h6-8,16-17,33-35,37-46H,9-15,18-32,61-64H2,1-5H3,(H,65,86)(H,66,83)(H,67,87)(H,68,88)(H,69,84)(H,70,82)(H,71,85)(H,72,89)(H,73,81)(H,75,76)(H,77,78)(H,79,80)(H,91,92)/t35-,37-,38-,39-,40-,41-,42-,43-,44-,45-,46-/m0/s1. The summed E-state index contributed by atoms with van der Waals surface area (Å²) < 4.78 is 0. The van der Waals surface area contributed by atoms with Crippen molar-refractivity contribution < 1.29 is 87.5 Å². The first kappa shape index (κ1) is 79.7. The average molecular weight is 1300 g/mol. The van der Waals surface area contributed by atoms with Gasteiger partial charge in [0, 0.05) is 13.0 Å². The van der Waals surface area contributed by atoms with E-state index in [1.54, 1.807) is 58.0 Å². The number of hydrogen-bond acceptors (Lipinski definition) is 18. The summed E-state index contributed by atoms with van der Waals surface area (Å²) in [4.78, 5) is 188. The Morgan fingerprint density at radius 1 is 0.467 bits per heavy atom.